The molecule has 0 spiro atoms. The molecule has 6 heterocycles. The molecule has 1 N–H and O–H groups in total. The van der Waals surface area contributed by atoms with Crippen LogP contribution in [0.5, 0.6) is 0 Å². The Morgan fingerprint density at radius 1 is 1.07 bits per heavy atom. The van der Waals surface area contributed by atoms with Gasteiger partial charge in [0.2, 0.25) is 0 Å². The molecule has 1 saturated heterocycles. The number of aryl methyl sites for hydroxylation is 2. The predicted octanol–water partition coefficient (Wildman–Crippen LogP) is 5.08. The van der Waals surface area contributed by atoms with E-state index in [0.717, 1.165) is 5.69 Å². The second-order valence-electron chi connectivity index (χ2n) is 12.5. The summed E-state index contributed by atoms with van der Waals surface area (Å²) in [4.78, 5) is 25.0. The summed E-state index contributed by atoms with van der Waals surface area (Å²) in [6.45, 7) is 5.95. The lowest BCUT2D eigenvalue weighted by molar-refractivity contribution is -0.0883. The normalized spacial score (nSPS) is 26.0. The van der Waals surface area contributed by atoms with Gasteiger partial charge in [-0.1, -0.05) is 23.4 Å². The minimum atomic E-state index is -2.98. The van der Waals surface area contributed by atoms with Crippen molar-refractivity contribution in [3.05, 3.63) is 75.6 Å². The van der Waals surface area contributed by atoms with Gasteiger partial charge in [0.05, 0.1) is 34.8 Å². The molecule has 44 heavy (non-hydrogen) atoms. The summed E-state index contributed by atoms with van der Waals surface area (Å²) in [7, 11) is 0. The SMILES string of the molecule is CC1c2cn(nn2)CCCn2c(=O)c(C3(C#N)CC3)cc3c(ncnc32)N[C@H](C)c2cccc(c2)C(F)(F)C2CCN1CC2. The molecule has 1 aliphatic carbocycles. The van der Waals surface area contributed by atoms with Gasteiger partial charge >= 0.3 is 0 Å². The molecule has 228 valence electrons. The summed E-state index contributed by atoms with van der Waals surface area (Å²) in [5, 5.41) is 22.7. The monoisotopic (exact) mass is 599 g/mol. The van der Waals surface area contributed by atoms with Gasteiger partial charge in [0, 0.05) is 36.2 Å². The van der Waals surface area contributed by atoms with Crippen molar-refractivity contribution in [3.63, 3.8) is 0 Å². The maximum atomic E-state index is 16.0. The number of pyridine rings is 1. The summed E-state index contributed by atoms with van der Waals surface area (Å²) < 4.78 is 35.3. The summed E-state index contributed by atoms with van der Waals surface area (Å²) in [6.07, 6.45) is 5.91. The molecule has 3 aromatic heterocycles. The maximum absolute atomic E-state index is 16.0. The Morgan fingerprint density at radius 2 is 1.86 bits per heavy atom. The fraction of sp³-hybridized carbons (Fsp3) is 0.500. The van der Waals surface area contributed by atoms with Gasteiger partial charge in [-0.2, -0.15) is 5.26 Å². The zero-order chi connectivity index (χ0) is 30.6. The molecule has 1 unspecified atom stereocenters. The largest absolute Gasteiger partial charge is 0.363 e. The van der Waals surface area contributed by atoms with Gasteiger partial charge in [-0.15, -0.1) is 5.10 Å². The van der Waals surface area contributed by atoms with Crippen LogP contribution in [0.4, 0.5) is 14.6 Å². The highest BCUT2D eigenvalue weighted by Crippen LogP contribution is 2.47. The van der Waals surface area contributed by atoms with Crippen molar-refractivity contribution in [3.8, 4) is 6.07 Å². The first kappa shape index (κ1) is 28.5. The molecule has 2 atom stereocenters. The number of anilines is 1. The number of nitriles is 1. The van der Waals surface area contributed by atoms with Gasteiger partial charge in [-0.05, 0) is 76.7 Å². The van der Waals surface area contributed by atoms with Gasteiger partial charge in [0.15, 0.2) is 0 Å². The molecule has 3 aliphatic heterocycles. The van der Waals surface area contributed by atoms with Crippen molar-refractivity contribution in [2.45, 2.75) is 82.5 Å². The van der Waals surface area contributed by atoms with Crippen molar-refractivity contribution >= 4 is 16.9 Å². The van der Waals surface area contributed by atoms with E-state index < -0.39 is 17.3 Å². The number of aromatic nitrogens is 6. The van der Waals surface area contributed by atoms with E-state index in [0.29, 0.717) is 86.3 Å². The van der Waals surface area contributed by atoms with Gasteiger partial charge in [0.1, 0.15) is 17.8 Å². The van der Waals surface area contributed by atoms with Crippen LogP contribution in [0, 0.1) is 17.2 Å². The minimum Gasteiger partial charge on any atom is -0.363 e. The number of hydrogen-bond acceptors (Lipinski definition) is 8. The Bertz CT molecular complexity index is 1810. The lowest BCUT2D eigenvalue weighted by Crippen LogP contribution is -2.40. The first-order chi connectivity index (χ1) is 21.2. The highest BCUT2D eigenvalue weighted by molar-refractivity contribution is 5.87. The molecular formula is C32H35F2N9O. The molecular weight excluding hydrogens is 564 g/mol. The van der Waals surface area contributed by atoms with Crippen LogP contribution in [0.2, 0.25) is 0 Å². The molecule has 12 heteroatoms. The molecule has 10 bridgehead atoms. The van der Waals surface area contributed by atoms with Crippen molar-refractivity contribution in [1.82, 2.24) is 34.4 Å². The van der Waals surface area contributed by atoms with Gasteiger partial charge < -0.3 is 5.32 Å². The topological polar surface area (TPSA) is 118 Å². The summed E-state index contributed by atoms with van der Waals surface area (Å²) >= 11 is 0. The highest BCUT2D eigenvalue weighted by Gasteiger charge is 2.47. The van der Waals surface area contributed by atoms with E-state index in [1.807, 2.05) is 26.1 Å². The van der Waals surface area contributed by atoms with Crippen molar-refractivity contribution in [2.24, 2.45) is 5.92 Å². The van der Waals surface area contributed by atoms with E-state index in [1.54, 1.807) is 27.4 Å². The zero-order valence-electron chi connectivity index (χ0n) is 24.9. The fourth-order valence-corrected chi connectivity index (χ4v) is 6.79. The number of piperidine rings is 1. The first-order valence-corrected chi connectivity index (χ1v) is 15.4. The van der Waals surface area contributed by atoms with Crippen LogP contribution in [0.25, 0.3) is 11.0 Å². The molecule has 10 nitrogen and oxygen atoms in total. The average molecular weight is 600 g/mol. The third kappa shape index (κ3) is 4.83. The Hall–Kier alpha value is -4.24. The number of nitrogens with one attached hydrogen (secondary N) is 1. The highest BCUT2D eigenvalue weighted by atomic mass is 19.3. The Labute approximate surface area is 253 Å². The van der Waals surface area contributed by atoms with E-state index in [9.17, 15) is 10.1 Å². The summed E-state index contributed by atoms with van der Waals surface area (Å²) in [5.74, 6) is -3.25. The molecule has 0 radical (unpaired) electrons. The third-order valence-corrected chi connectivity index (χ3v) is 9.83. The number of rotatable bonds is 1. The van der Waals surface area contributed by atoms with E-state index in [1.165, 1.54) is 12.4 Å². The lowest BCUT2D eigenvalue weighted by Gasteiger charge is -2.38. The number of nitrogens with zero attached hydrogens (tertiary/aromatic N) is 8. The van der Waals surface area contributed by atoms with Gasteiger partial charge in [0.25, 0.3) is 11.5 Å². The van der Waals surface area contributed by atoms with Crippen LogP contribution < -0.4 is 10.9 Å². The second kappa shape index (κ2) is 10.7. The fourth-order valence-electron chi connectivity index (χ4n) is 6.79. The van der Waals surface area contributed by atoms with E-state index in [-0.39, 0.29) is 23.2 Å². The minimum absolute atomic E-state index is 0.0114. The van der Waals surface area contributed by atoms with Gasteiger partial charge in [-0.3, -0.25) is 18.9 Å². The first-order valence-electron chi connectivity index (χ1n) is 15.4. The van der Waals surface area contributed by atoms with Crippen LogP contribution >= 0.6 is 0 Å². The van der Waals surface area contributed by atoms with E-state index in [4.69, 9.17) is 0 Å². The van der Waals surface area contributed by atoms with Crippen molar-refractivity contribution < 1.29 is 8.78 Å². The number of alkyl halides is 2. The number of fused-ring (bicyclic) bond motifs is 5. The third-order valence-electron chi connectivity index (χ3n) is 9.83. The second-order valence-corrected chi connectivity index (χ2v) is 12.5. The van der Waals surface area contributed by atoms with Crippen LogP contribution in [-0.2, 0) is 24.4 Å². The number of halogens is 2. The Kier molecular flexibility index (Phi) is 6.96. The molecule has 8 rings (SSSR count). The molecule has 1 saturated carbocycles. The van der Waals surface area contributed by atoms with E-state index >= 15 is 8.78 Å². The standard InChI is InChI=1S/C32H35F2N9O/c1-20-22-5-3-6-24(15-22)32(33,34)23-7-13-41(14-8-23)21(2)27-17-42(40-39-27)11-4-12-43-29-25(28(38-20)36-19-37-29)16-26(30(43)44)31(18-35)9-10-31/h3,5-6,15-17,19-21,23H,4,7-14H2,1-2H3,(H,36,37,38)/t20-,21?/m1/s1. The summed E-state index contributed by atoms with van der Waals surface area (Å²) in [6, 6.07) is 10.3. The van der Waals surface area contributed by atoms with Gasteiger partial charge in [-0.25, -0.2) is 18.7 Å². The van der Waals surface area contributed by atoms with Crippen LogP contribution in [0.3, 0.4) is 0 Å². The van der Waals surface area contributed by atoms with Crippen molar-refractivity contribution in [1.29, 1.82) is 5.26 Å². The summed E-state index contributed by atoms with van der Waals surface area (Å²) in [5.41, 5.74) is 1.37. The predicted molar refractivity (Wildman–Crippen MR) is 160 cm³/mol. The molecule has 1 aromatic carbocycles. The number of benzene rings is 1. The lowest BCUT2D eigenvalue weighted by atomic mass is 9.85. The zero-order valence-corrected chi connectivity index (χ0v) is 24.9. The quantitative estimate of drug-likeness (QED) is 0.322. The smallest absolute Gasteiger partial charge is 0.276 e. The molecule has 4 aromatic rings. The molecule has 0 amide bonds. The van der Waals surface area contributed by atoms with Crippen LogP contribution in [-0.4, -0.2) is 47.5 Å². The molecule has 2 fully saturated rings. The van der Waals surface area contributed by atoms with E-state index in [2.05, 4.69) is 36.6 Å². The Morgan fingerprint density at radius 3 is 2.61 bits per heavy atom. The van der Waals surface area contributed by atoms with Crippen molar-refractivity contribution in [2.75, 3.05) is 18.4 Å². The Balaban J connectivity index is 1.33. The molecule has 4 aliphatic rings. The number of hydrogen-bond donors (Lipinski definition) is 1. The maximum Gasteiger partial charge on any atom is 0.276 e. The van der Waals surface area contributed by atoms with Crippen LogP contribution in [0.1, 0.15) is 80.4 Å². The van der Waals surface area contributed by atoms with Crippen LogP contribution in [0.15, 0.2) is 47.7 Å². The average Bonchev–Trinajstić information content (AvgIpc) is 3.70.